The van der Waals surface area contributed by atoms with E-state index in [0.717, 1.165) is 0 Å². The Labute approximate surface area is 56.5 Å². The van der Waals surface area contributed by atoms with Gasteiger partial charge in [-0.25, -0.2) is 0 Å². The minimum Gasteiger partial charge on any atom is -0.0702 e. The molecule has 0 saturated carbocycles. The zero-order valence-electron chi connectivity index (χ0n) is 5.81. The maximum Gasteiger partial charge on any atom is -0.00804 e. The zero-order valence-corrected chi connectivity index (χ0v) is 5.81. The summed E-state index contributed by atoms with van der Waals surface area (Å²) in [4.78, 5) is 0. The highest BCUT2D eigenvalue weighted by Gasteiger charge is 1.93. The van der Waals surface area contributed by atoms with E-state index in [-0.39, 0.29) is 0 Å². The Balaban J connectivity index is 2.85. The highest BCUT2D eigenvalue weighted by atomic mass is 14.0. The first-order chi connectivity index (χ1) is 4.30. The van der Waals surface area contributed by atoms with Crippen molar-refractivity contribution in [2.75, 3.05) is 0 Å². The Bertz CT molecular complexity index is 163. The predicted molar refractivity (Wildman–Crippen MR) is 38.2 cm³/mol. The first kappa shape index (κ1) is 6.16. The third-order valence-electron chi connectivity index (χ3n) is 1.35. The normalized spacial score (nSPS) is 9.22. The molecule has 0 N–H and O–H groups in total. The molecule has 0 nitrogen and oxygen atoms in total. The van der Waals surface area contributed by atoms with Gasteiger partial charge in [0.1, 0.15) is 0 Å². The van der Waals surface area contributed by atoms with Crippen LogP contribution in [0.15, 0.2) is 18.2 Å². The molecule has 46 valence electrons. The smallest absolute Gasteiger partial charge is 0.00804 e. The van der Waals surface area contributed by atoms with Crippen molar-refractivity contribution in [1.82, 2.24) is 0 Å². The van der Waals surface area contributed by atoms with Gasteiger partial charge in [0, 0.05) is 0 Å². The molecule has 0 unspecified atom stereocenters. The maximum atomic E-state index is 2.92. The summed E-state index contributed by atoms with van der Waals surface area (Å²) in [5, 5.41) is 0. The van der Waals surface area contributed by atoms with Gasteiger partial charge < -0.3 is 0 Å². The summed E-state index contributed by atoms with van der Waals surface area (Å²) in [6.45, 7) is 4.34. The molecule has 0 bridgehead atoms. The second-order valence-corrected chi connectivity index (χ2v) is 2.42. The fourth-order valence-corrected chi connectivity index (χ4v) is 0.718. The van der Waals surface area contributed by atoms with Crippen LogP contribution in [0.2, 0.25) is 0 Å². The Morgan fingerprint density at radius 1 is 1.33 bits per heavy atom. The van der Waals surface area contributed by atoms with Crippen LogP contribution in [0, 0.1) is 12.1 Å². The quantitative estimate of drug-likeness (QED) is 0.531. The van der Waals surface area contributed by atoms with Gasteiger partial charge in [-0.05, 0) is 29.7 Å². The van der Waals surface area contributed by atoms with E-state index >= 15 is 0 Å². The first-order valence-corrected chi connectivity index (χ1v) is 3.18. The lowest BCUT2D eigenvalue weighted by Crippen LogP contribution is -1.82. The van der Waals surface area contributed by atoms with Crippen LogP contribution < -0.4 is 0 Å². The van der Waals surface area contributed by atoms with Crippen LogP contribution >= 0.6 is 0 Å². The van der Waals surface area contributed by atoms with E-state index in [0.29, 0.717) is 5.92 Å². The van der Waals surface area contributed by atoms with E-state index in [2.05, 4.69) is 32.0 Å². The van der Waals surface area contributed by atoms with Crippen molar-refractivity contribution in [2.45, 2.75) is 19.8 Å². The van der Waals surface area contributed by atoms with Crippen molar-refractivity contribution in [2.24, 2.45) is 0 Å². The van der Waals surface area contributed by atoms with Crippen molar-refractivity contribution >= 4 is 0 Å². The largest absolute Gasteiger partial charge is 0.0702 e. The van der Waals surface area contributed by atoms with Crippen molar-refractivity contribution in [3.8, 4) is 0 Å². The van der Waals surface area contributed by atoms with Gasteiger partial charge in [-0.3, -0.25) is 0 Å². The Morgan fingerprint density at radius 3 is 2.44 bits per heavy atom. The molecule has 0 saturated heterocycles. The molecular formula is C9H10. The minimum absolute atomic E-state index is 0.607. The summed E-state index contributed by atoms with van der Waals surface area (Å²) in [6.07, 6.45) is 0. The lowest BCUT2D eigenvalue weighted by molar-refractivity contribution is 0.867. The monoisotopic (exact) mass is 118 g/mol. The third kappa shape index (κ3) is 1.47. The second-order valence-electron chi connectivity index (χ2n) is 2.42. The molecule has 1 aromatic carbocycles. The van der Waals surface area contributed by atoms with E-state index in [1.165, 1.54) is 5.56 Å². The summed E-state index contributed by atoms with van der Waals surface area (Å²) in [5.74, 6) is 0.607. The van der Waals surface area contributed by atoms with Gasteiger partial charge >= 0.3 is 0 Å². The van der Waals surface area contributed by atoms with Crippen LogP contribution in [0.5, 0.6) is 0 Å². The highest BCUT2D eigenvalue weighted by Crippen LogP contribution is 2.10. The molecule has 0 radical (unpaired) electrons. The highest BCUT2D eigenvalue weighted by molar-refractivity contribution is 5.13. The van der Waals surface area contributed by atoms with Crippen LogP contribution in [-0.2, 0) is 0 Å². The van der Waals surface area contributed by atoms with E-state index in [1.54, 1.807) is 0 Å². The molecule has 0 aliphatic heterocycles. The van der Waals surface area contributed by atoms with Crippen molar-refractivity contribution < 1.29 is 0 Å². The van der Waals surface area contributed by atoms with Crippen molar-refractivity contribution in [3.63, 3.8) is 0 Å². The Hall–Kier alpha value is -0.960. The summed E-state index contributed by atoms with van der Waals surface area (Å²) in [7, 11) is 0. The van der Waals surface area contributed by atoms with E-state index in [1.807, 2.05) is 12.1 Å². The lowest BCUT2D eigenvalue weighted by atomic mass is 10.1. The molecule has 0 amide bonds. The molecule has 0 heteroatoms. The minimum atomic E-state index is 0.607. The van der Waals surface area contributed by atoms with E-state index in [4.69, 9.17) is 0 Å². The lowest BCUT2D eigenvalue weighted by Gasteiger charge is -1.99. The van der Waals surface area contributed by atoms with Crippen LogP contribution in [-0.4, -0.2) is 0 Å². The van der Waals surface area contributed by atoms with Crippen molar-refractivity contribution in [3.05, 3.63) is 35.9 Å². The molecule has 9 heavy (non-hydrogen) atoms. The number of hydrogen-bond donors (Lipinski definition) is 0. The fraction of sp³-hybridized carbons (Fsp3) is 0.333. The molecule has 0 atom stereocenters. The molecule has 1 rings (SSSR count). The van der Waals surface area contributed by atoms with Crippen LogP contribution in [0.1, 0.15) is 25.3 Å². The van der Waals surface area contributed by atoms with Crippen LogP contribution in [0.25, 0.3) is 0 Å². The first-order valence-electron chi connectivity index (χ1n) is 3.18. The molecule has 0 spiro atoms. The maximum absolute atomic E-state index is 2.92. The zero-order chi connectivity index (χ0) is 6.69. The average Bonchev–Trinajstić information content (AvgIpc) is 1.90. The van der Waals surface area contributed by atoms with Gasteiger partial charge in [0.05, 0.1) is 0 Å². The molecule has 0 aromatic heterocycles. The van der Waals surface area contributed by atoms with E-state index in [9.17, 15) is 0 Å². The summed E-state index contributed by atoms with van der Waals surface area (Å²) < 4.78 is 0. The Morgan fingerprint density at radius 2 is 2.11 bits per heavy atom. The molecule has 0 aliphatic rings. The predicted octanol–water partition coefficient (Wildman–Crippen LogP) is 2.41. The fourth-order valence-electron chi connectivity index (χ4n) is 0.718. The summed E-state index contributed by atoms with van der Waals surface area (Å²) >= 11 is 0. The molecule has 0 aliphatic carbocycles. The van der Waals surface area contributed by atoms with Gasteiger partial charge in [-0.1, -0.05) is 26.0 Å². The third-order valence-corrected chi connectivity index (χ3v) is 1.35. The SMILES string of the molecule is CC(C)c1cc#ccc1. The topological polar surface area (TPSA) is 0 Å². The average molecular weight is 118 g/mol. The number of rotatable bonds is 1. The van der Waals surface area contributed by atoms with Gasteiger partial charge in [0.25, 0.3) is 0 Å². The molecule has 1 aromatic rings. The van der Waals surface area contributed by atoms with Crippen LogP contribution in [0.4, 0.5) is 0 Å². The van der Waals surface area contributed by atoms with Crippen LogP contribution in [0.3, 0.4) is 0 Å². The standard InChI is InChI=1S/C9H10/c1-8(2)9-6-4-3-5-7-9/h4,6-8H,1-2H3. The summed E-state index contributed by atoms with van der Waals surface area (Å²) in [6, 6.07) is 11.7. The Kier molecular flexibility index (Phi) is 1.75. The van der Waals surface area contributed by atoms with Gasteiger partial charge in [0.2, 0.25) is 0 Å². The molecule has 0 fully saturated rings. The van der Waals surface area contributed by atoms with E-state index < -0.39 is 0 Å². The molecular weight excluding hydrogens is 108 g/mol. The number of hydrogen-bond acceptors (Lipinski definition) is 0. The summed E-state index contributed by atoms with van der Waals surface area (Å²) in [5.41, 5.74) is 1.33. The van der Waals surface area contributed by atoms with Gasteiger partial charge in [-0.2, -0.15) is 0 Å². The second kappa shape index (κ2) is 2.55. The molecule has 0 heterocycles. The van der Waals surface area contributed by atoms with Gasteiger partial charge in [0.15, 0.2) is 0 Å². The van der Waals surface area contributed by atoms with Crippen molar-refractivity contribution in [1.29, 1.82) is 0 Å². The van der Waals surface area contributed by atoms with Gasteiger partial charge in [-0.15, -0.1) is 0 Å².